The molecule has 0 aromatic heterocycles. The highest BCUT2D eigenvalue weighted by molar-refractivity contribution is 5.96. The standard InChI is InChI=1S/C16H16FNO3/c1-8-2-5-11(7-12(8)17)18-15(19)13-9-3-4-10(6-9)14(13)16(20)21/h2-5,7,9-10,13-14H,6H2,1H3,(H,18,19)(H,20,21)/p-1/t9-,10-,13-,14-/m0/s1. The maximum absolute atomic E-state index is 13.5. The van der Waals surface area contributed by atoms with Crippen LogP contribution in [0.3, 0.4) is 0 Å². The highest BCUT2D eigenvalue weighted by atomic mass is 19.1. The molecule has 1 saturated carbocycles. The number of rotatable bonds is 3. The van der Waals surface area contributed by atoms with E-state index in [9.17, 15) is 19.1 Å². The highest BCUT2D eigenvalue weighted by Crippen LogP contribution is 2.48. The van der Waals surface area contributed by atoms with Crippen molar-refractivity contribution in [2.75, 3.05) is 5.32 Å². The van der Waals surface area contributed by atoms with Crippen LogP contribution in [-0.2, 0) is 9.59 Å². The lowest BCUT2D eigenvalue weighted by Gasteiger charge is -2.27. The molecule has 1 amide bonds. The molecule has 2 aliphatic carbocycles. The first kappa shape index (κ1) is 13.8. The molecule has 1 N–H and O–H groups in total. The average Bonchev–Trinajstić information content (AvgIpc) is 3.03. The van der Waals surface area contributed by atoms with E-state index in [0.29, 0.717) is 17.7 Å². The first-order chi connectivity index (χ1) is 9.97. The molecule has 0 spiro atoms. The van der Waals surface area contributed by atoms with Gasteiger partial charge < -0.3 is 15.2 Å². The van der Waals surface area contributed by atoms with Gasteiger partial charge in [0.05, 0.1) is 5.92 Å². The Morgan fingerprint density at radius 2 is 1.90 bits per heavy atom. The molecule has 0 aliphatic heterocycles. The SMILES string of the molecule is Cc1ccc(NC(=O)[C@@H]2[C@@H](C(=O)[O-])[C@H]3C=C[C@H]2C3)cc1F. The Hall–Kier alpha value is -2.17. The molecule has 4 nitrogen and oxygen atoms in total. The molecule has 0 saturated heterocycles. The minimum atomic E-state index is -1.19. The first-order valence-corrected chi connectivity index (χ1v) is 6.93. The van der Waals surface area contributed by atoms with Crippen molar-refractivity contribution in [1.29, 1.82) is 0 Å². The minimum absolute atomic E-state index is 0.0757. The summed E-state index contributed by atoms with van der Waals surface area (Å²) in [6.45, 7) is 1.63. The molecular formula is C16H15FNO3-. The van der Waals surface area contributed by atoms with Gasteiger partial charge in [0, 0.05) is 17.6 Å². The number of carbonyl (C=O) groups excluding carboxylic acids is 2. The normalized spacial score (nSPS) is 29.6. The summed E-state index contributed by atoms with van der Waals surface area (Å²) in [7, 11) is 0. The van der Waals surface area contributed by atoms with E-state index in [-0.39, 0.29) is 17.7 Å². The third kappa shape index (κ3) is 2.33. The number of aryl methyl sites for hydroxylation is 1. The molecule has 3 rings (SSSR count). The molecule has 1 aromatic carbocycles. The van der Waals surface area contributed by atoms with Crippen LogP contribution in [0, 0.1) is 36.4 Å². The zero-order valence-corrected chi connectivity index (χ0v) is 11.5. The van der Waals surface area contributed by atoms with Crippen LogP contribution in [0.25, 0.3) is 0 Å². The lowest BCUT2D eigenvalue weighted by molar-refractivity contribution is -0.313. The number of carboxylic acid groups (broad SMARTS) is 1. The predicted molar refractivity (Wildman–Crippen MR) is 72.5 cm³/mol. The van der Waals surface area contributed by atoms with Crippen molar-refractivity contribution in [2.24, 2.45) is 23.7 Å². The second-order valence-electron chi connectivity index (χ2n) is 5.77. The second-order valence-corrected chi connectivity index (χ2v) is 5.77. The monoisotopic (exact) mass is 288 g/mol. The Bertz CT molecular complexity index is 640. The van der Waals surface area contributed by atoms with Crippen molar-refractivity contribution in [3.05, 3.63) is 41.7 Å². The summed E-state index contributed by atoms with van der Waals surface area (Å²) in [5, 5.41) is 13.9. The van der Waals surface area contributed by atoms with E-state index < -0.39 is 23.6 Å². The Morgan fingerprint density at radius 1 is 1.24 bits per heavy atom. The van der Waals surface area contributed by atoms with Crippen LogP contribution >= 0.6 is 0 Å². The van der Waals surface area contributed by atoms with Gasteiger partial charge in [-0.15, -0.1) is 0 Å². The van der Waals surface area contributed by atoms with E-state index >= 15 is 0 Å². The third-order valence-electron chi connectivity index (χ3n) is 4.47. The van der Waals surface area contributed by atoms with Gasteiger partial charge in [-0.1, -0.05) is 18.2 Å². The van der Waals surface area contributed by atoms with Crippen LogP contribution in [0.4, 0.5) is 10.1 Å². The average molecular weight is 288 g/mol. The van der Waals surface area contributed by atoms with Crippen LogP contribution in [0.15, 0.2) is 30.4 Å². The number of aliphatic carboxylic acids is 1. The van der Waals surface area contributed by atoms with Crippen molar-refractivity contribution in [2.45, 2.75) is 13.3 Å². The van der Waals surface area contributed by atoms with Gasteiger partial charge in [0.15, 0.2) is 0 Å². The maximum atomic E-state index is 13.5. The van der Waals surface area contributed by atoms with E-state index in [4.69, 9.17) is 0 Å². The molecule has 0 heterocycles. The van der Waals surface area contributed by atoms with Gasteiger partial charge >= 0.3 is 0 Å². The number of hydrogen-bond acceptors (Lipinski definition) is 3. The number of carboxylic acids is 1. The number of benzene rings is 1. The number of amides is 1. The third-order valence-corrected chi connectivity index (χ3v) is 4.47. The number of fused-ring (bicyclic) bond motifs is 2. The van der Waals surface area contributed by atoms with Crippen LogP contribution < -0.4 is 10.4 Å². The Balaban J connectivity index is 1.80. The molecule has 1 aromatic rings. The summed E-state index contributed by atoms with van der Waals surface area (Å²) < 4.78 is 13.5. The van der Waals surface area contributed by atoms with Gasteiger partial charge in [0.2, 0.25) is 5.91 Å². The summed E-state index contributed by atoms with van der Waals surface area (Å²) in [5.41, 5.74) is 0.829. The fourth-order valence-electron chi connectivity index (χ4n) is 3.40. The molecule has 1 fully saturated rings. The van der Waals surface area contributed by atoms with Crippen molar-refractivity contribution in [3.8, 4) is 0 Å². The molecule has 21 heavy (non-hydrogen) atoms. The Kier molecular flexibility index (Phi) is 3.27. The topological polar surface area (TPSA) is 69.2 Å². The van der Waals surface area contributed by atoms with E-state index in [1.807, 2.05) is 12.2 Å². The van der Waals surface area contributed by atoms with E-state index in [0.717, 1.165) is 0 Å². The summed E-state index contributed by atoms with van der Waals surface area (Å²) in [6, 6.07) is 4.42. The number of carbonyl (C=O) groups is 2. The number of halogens is 1. The molecule has 110 valence electrons. The predicted octanol–water partition coefficient (Wildman–Crippen LogP) is 1.26. The second kappa shape index (κ2) is 4.98. The van der Waals surface area contributed by atoms with Gasteiger partial charge in [-0.05, 0) is 42.9 Å². The number of nitrogens with one attached hydrogen (secondary N) is 1. The minimum Gasteiger partial charge on any atom is -0.550 e. The van der Waals surface area contributed by atoms with Gasteiger partial charge in [0.1, 0.15) is 5.82 Å². The zero-order chi connectivity index (χ0) is 15.1. The molecule has 2 bridgehead atoms. The number of allylic oxidation sites excluding steroid dienone is 2. The number of anilines is 1. The summed E-state index contributed by atoms with van der Waals surface area (Å²) in [5.74, 6) is -3.63. The van der Waals surface area contributed by atoms with E-state index in [1.54, 1.807) is 19.1 Å². The smallest absolute Gasteiger partial charge is 0.228 e. The summed E-state index contributed by atoms with van der Waals surface area (Å²) in [4.78, 5) is 23.6. The highest BCUT2D eigenvalue weighted by Gasteiger charge is 2.48. The van der Waals surface area contributed by atoms with Gasteiger partial charge in [-0.2, -0.15) is 0 Å². The van der Waals surface area contributed by atoms with Crippen molar-refractivity contribution in [1.82, 2.24) is 0 Å². The first-order valence-electron chi connectivity index (χ1n) is 6.93. The van der Waals surface area contributed by atoms with Crippen LogP contribution in [0.2, 0.25) is 0 Å². The number of hydrogen-bond donors (Lipinski definition) is 1. The van der Waals surface area contributed by atoms with E-state index in [2.05, 4.69) is 5.32 Å². The molecule has 5 heteroatoms. The lowest BCUT2D eigenvalue weighted by atomic mass is 9.82. The quantitative estimate of drug-likeness (QED) is 0.851. The molecule has 4 atom stereocenters. The van der Waals surface area contributed by atoms with Crippen molar-refractivity contribution < 1.29 is 19.1 Å². The lowest BCUT2D eigenvalue weighted by Crippen LogP contribution is -2.42. The molecule has 2 aliphatic rings. The van der Waals surface area contributed by atoms with Crippen LogP contribution in [0.1, 0.15) is 12.0 Å². The summed E-state index contributed by atoms with van der Waals surface area (Å²) in [6.07, 6.45) is 4.41. The van der Waals surface area contributed by atoms with Gasteiger partial charge in [-0.3, -0.25) is 4.79 Å². The van der Waals surface area contributed by atoms with Gasteiger partial charge in [0.25, 0.3) is 0 Å². The zero-order valence-electron chi connectivity index (χ0n) is 11.5. The van der Waals surface area contributed by atoms with Gasteiger partial charge in [-0.25, -0.2) is 4.39 Å². The van der Waals surface area contributed by atoms with Crippen LogP contribution in [-0.4, -0.2) is 11.9 Å². The Labute approximate surface area is 121 Å². The van der Waals surface area contributed by atoms with E-state index in [1.165, 1.54) is 6.07 Å². The maximum Gasteiger partial charge on any atom is 0.228 e. The van der Waals surface area contributed by atoms with Crippen molar-refractivity contribution in [3.63, 3.8) is 0 Å². The molecule has 0 radical (unpaired) electrons. The Morgan fingerprint density at radius 3 is 2.52 bits per heavy atom. The fraction of sp³-hybridized carbons (Fsp3) is 0.375. The molecule has 0 unspecified atom stereocenters. The summed E-state index contributed by atoms with van der Waals surface area (Å²) >= 11 is 0. The van der Waals surface area contributed by atoms with Crippen molar-refractivity contribution >= 4 is 17.6 Å². The largest absolute Gasteiger partial charge is 0.550 e. The fourth-order valence-corrected chi connectivity index (χ4v) is 3.40. The van der Waals surface area contributed by atoms with Crippen LogP contribution in [0.5, 0.6) is 0 Å². The molecular weight excluding hydrogens is 273 g/mol.